The number of anilines is 2. The number of nitrogens with two attached hydrogens (primary N) is 1. The lowest BCUT2D eigenvalue weighted by molar-refractivity contribution is 0.734. The average molecular weight is 265 g/mol. The Morgan fingerprint density at radius 3 is 2.94 bits per heavy atom. The molecule has 5 nitrogen and oxygen atoms in total. The molecule has 0 saturated heterocycles. The predicted molar refractivity (Wildman–Crippen MR) is 75.9 cm³/mol. The van der Waals surface area contributed by atoms with Gasteiger partial charge >= 0.3 is 0 Å². The molecule has 0 spiro atoms. The third-order valence-electron chi connectivity index (χ3n) is 2.80. The van der Waals surface area contributed by atoms with Gasteiger partial charge in [-0.3, -0.25) is 4.68 Å². The van der Waals surface area contributed by atoms with Gasteiger partial charge in [-0.05, 0) is 6.42 Å². The average Bonchev–Trinajstić information content (AvgIpc) is 2.93. The number of rotatable bonds is 6. The molecule has 3 N–H and O–H groups in total. The highest BCUT2D eigenvalue weighted by Gasteiger charge is 2.11. The van der Waals surface area contributed by atoms with E-state index >= 15 is 0 Å². The van der Waals surface area contributed by atoms with Crippen LogP contribution in [0.5, 0.6) is 0 Å². The zero-order chi connectivity index (χ0) is 13.0. The molecule has 0 amide bonds. The summed E-state index contributed by atoms with van der Waals surface area (Å²) in [5.41, 5.74) is 10.8. The van der Waals surface area contributed by atoms with Gasteiger partial charge in [-0.2, -0.15) is 5.10 Å². The van der Waals surface area contributed by atoms with Crippen LogP contribution in [0.15, 0.2) is 10.9 Å². The van der Waals surface area contributed by atoms with Crippen LogP contribution in [0.25, 0.3) is 0 Å². The topological polar surface area (TPSA) is 68.8 Å². The van der Waals surface area contributed by atoms with Crippen molar-refractivity contribution in [3.63, 3.8) is 0 Å². The van der Waals surface area contributed by atoms with Crippen molar-refractivity contribution >= 4 is 22.8 Å². The summed E-state index contributed by atoms with van der Waals surface area (Å²) >= 11 is 1.62. The van der Waals surface area contributed by atoms with E-state index in [4.69, 9.17) is 5.73 Å². The summed E-state index contributed by atoms with van der Waals surface area (Å²) < 4.78 is 1.82. The van der Waals surface area contributed by atoms with Gasteiger partial charge in [0.1, 0.15) is 5.82 Å². The maximum absolute atomic E-state index is 6.09. The molecule has 2 heterocycles. The van der Waals surface area contributed by atoms with Crippen LogP contribution in [-0.2, 0) is 19.9 Å². The molecule has 6 heteroatoms. The van der Waals surface area contributed by atoms with E-state index in [1.165, 1.54) is 0 Å². The van der Waals surface area contributed by atoms with E-state index < -0.39 is 0 Å². The molecule has 0 aliphatic heterocycles. The van der Waals surface area contributed by atoms with Crippen molar-refractivity contribution in [2.45, 2.75) is 26.2 Å². The molecule has 0 aliphatic carbocycles. The molecule has 0 saturated carbocycles. The number of hydrogen-bond donors (Lipinski definition) is 2. The quantitative estimate of drug-likeness (QED) is 0.839. The second kappa shape index (κ2) is 5.86. The van der Waals surface area contributed by atoms with Gasteiger partial charge in [0.2, 0.25) is 0 Å². The van der Waals surface area contributed by atoms with Crippen molar-refractivity contribution in [2.75, 3.05) is 17.6 Å². The first-order valence-corrected chi connectivity index (χ1v) is 7.09. The third-order valence-corrected chi connectivity index (χ3v) is 3.44. The number of nitrogen functional groups attached to an aromatic ring is 1. The van der Waals surface area contributed by atoms with E-state index in [1.807, 2.05) is 17.2 Å². The number of hydrogen-bond acceptors (Lipinski definition) is 5. The van der Waals surface area contributed by atoms with Gasteiger partial charge in [0.05, 0.1) is 22.6 Å². The van der Waals surface area contributed by atoms with Crippen molar-refractivity contribution in [3.8, 4) is 0 Å². The van der Waals surface area contributed by atoms with Gasteiger partial charge in [0.25, 0.3) is 0 Å². The zero-order valence-corrected chi connectivity index (χ0v) is 11.6. The Morgan fingerprint density at radius 1 is 1.44 bits per heavy atom. The summed E-state index contributed by atoms with van der Waals surface area (Å²) in [6, 6.07) is 0. The standard InChI is InChI=1S/C12H19N5S/c1-3-4-10-11(13)12(17(2)16-10)14-6-5-9-7-18-8-15-9/h7-8,14H,3-6,13H2,1-2H3. The van der Waals surface area contributed by atoms with E-state index in [-0.39, 0.29) is 0 Å². The summed E-state index contributed by atoms with van der Waals surface area (Å²) in [6.07, 6.45) is 2.88. The van der Waals surface area contributed by atoms with Crippen molar-refractivity contribution in [1.29, 1.82) is 0 Å². The second-order valence-corrected chi connectivity index (χ2v) is 4.96. The van der Waals surface area contributed by atoms with Crippen molar-refractivity contribution < 1.29 is 0 Å². The molecule has 0 bridgehead atoms. The molecule has 2 aromatic heterocycles. The van der Waals surface area contributed by atoms with Crippen LogP contribution < -0.4 is 11.1 Å². The summed E-state index contributed by atoms with van der Waals surface area (Å²) in [4.78, 5) is 4.25. The van der Waals surface area contributed by atoms with E-state index in [0.29, 0.717) is 0 Å². The van der Waals surface area contributed by atoms with E-state index in [0.717, 1.165) is 48.7 Å². The smallest absolute Gasteiger partial charge is 0.147 e. The van der Waals surface area contributed by atoms with Crippen LogP contribution in [0, 0.1) is 0 Å². The highest BCUT2D eigenvalue weighted by molar-refractivity contribution is 7.07. The summed E-state index contributed by atoms with van der Waals surface area (Å²) in [5.74, 6) is 0.911. The van der Waals surface area contributed by atoms with Crippen molar-refractivity contribution in [1.82, 2.24) is 14.8 Å². The molecule has 0 radical (unpaired) electrons. The third kappa shape index (κ3) is 2.81. The number of nitrogens with zero attached hydrogens (tertiary/aromatic N) is 3. The van der Waals surface area contributed by atoms with Crippen LogP contribution in [0.4, 0.5) is 11.5 Å². The molecule has 0 unspecified atom stereocenters. The fraction of sp³-hybridized carbons (Fsp3) is 0.500. The van der Waals surface area contributed by atoms with Gasteiger partial charge in [-0.15, -0.1) is 11.3 Å². The Balaban J connectivity index is 1.96. The van der Waals surface area contributed by atoms with Gasteiger partial charge in [-0.25, -0.2) is 4.98 Å². The first-order valence-electron chi connectivity index (χ1n) is 6.14. The minimum absolute atomic E-state index is 0.776. The molecule has 18 heavy (non-hydrogen) atoms. The number of aryl methyl sites for hydroxylation is 2. The number of aromatic nitrogens is 3. The van der Waals surface area contributed by atoms with Gasteiger partial charge in [0.15, 0.2) is 0 Å². The second-order valence-electron chi connectivity index (χ2n) is 4.24. The Hall–Kier alpha value is -1.56. The Morgan fingerprint density at radius 2 is 2.28 bits per heavy atom. The Labute approximate surface area is 111 Å². The normalized spacial score (nSPS) is 10.8. The summed E-state index contributed by atoms with van der Waals surface area (Å²) in [6.45, 7) is 2.95. The summed E-state index contributed by atoms with van der Waals surface area (Å²) in [5, 5.41) is 9.84. The largest absolute Gasteiger partial charge is 0.394 e. The van der Waals surface area contributed by atoms with E-state index in [2.05, 4.69) is 27.7 Å². The molecule has 0 fully saturated rings. The van der Waals surface area contributed by atoms with Crippen LogP contribution in [0.2, 0.25) is 0 Å². The predicted octanol–water partition coefficient (Wildman–Crippen LogP) is 2.07. The van der Waals surface area contributed by atoms with E-state index in [1.54, 1.807) is 11.3 Å². The van der Waals surface area contributed by atoms with Gasteiger partial charge in [-0.1, -0.05) is 13.3 Å². The molecular weight excluding hydrogens is 246 g/mol. The summed E-state index contributed by atoms with van der Waals surface area (Å²) in [7, 11) is 1.92. The minimum atomic E-state index is 0.776. The SMILES string of the molecule is CCCc1nn(C)c(NCCc2cscn2)c1N. The first-order chi connectivity index (χ1) is 8.72. The maximum Gasteiger partial charge on any atom is 0.147 e. The molecular formula is C12H19N5S. The molecule has 98 valence electrons. The molecule has 0 aromatic carbocycles. The maximum atomic E-state index is 6.09. The highest BCUT2D eigenvalue weighted by Crippen LogP contribution is 2.22. The Kier molecular flexibility index (Phi) is 4.19. The van der Waals surface area contributed by atoms with Crippen molar-refractivity contribution in [3.05, 3.63) is 22.3 Å². The molecule has 2 rings (SSSR count). The van der Waals surface area contributed by atoms with Crippen LogP contribution in [0.1, 0.15) is 24.7 Å². The lowest BCUT2D eigenvalue weighted by atomic mass is 10.2. The lowest BCUT2D eigenvalue weighted by Crippen LogP contribution is -2.10. The van der Waals surface area contributed by atoms with Crippen LogP contribution in [0.3, 0.4) is 0 Å². The van der Waals surface area contributed by atoms with Gasteiger partial charge in [0, 0.05) is 25.4 Å². The number of thiazole rings is 1. The first kappa shape index (κ1) is 12.9. The van der Waals surface area contributed by atoms with E-state index in [9.17, 15) is 0 Å². The Bertz CT molecular complexity index is 489. The van der Waals surface area contributed by atoms with Crippen molar-refractivity contribution in [2.24, 2.45) is 7.05 Å². The lowest BCUT2D eigenvalue weighted by Gasteiger charge is -2.06. The van der Waals surface area contributed by atoms with Gasteiger partial charge < -0.3 is 11.1 Å². The van der Waals surface area contributed by atoms with Crippen LogP contribution in [-0.4, -0.2) is 21.3 Å². The van der Waals surface area contributed by atoms with Crippen LogP contribution >= 0.6 is 11.3 Å². The molecule has 2 aromatic rings. The zero-order valence-electron chi connectivity index (χ0n) is 10.8. The molecule has 0 aliphatic rings. The fourth-order valence-corrected chi connectivity index (χ4v) is 2.49. The monoisotopic (exact) mass is 265 g/mol. The minimum Gasteiger partial charge on any atom is -0.394 e. The number of nitrogens with one attached hydrogen (secondary N) is 1. The molecule has 0 atom stereocenters. The fourth-order valence-electron chi connectivity index (χ4n) is 1.90. The highest BCUT2D eigenvalue weighted by atomic mass is 32.1.